The van der Waals surface area contributed by atoms with Gasteiger partial charge in [0.15, 0.2) is 0 Å². The molecule has 1 aromatic carbocycles. The lowest BCUT2D eigenvalue weighted by Crippen LogP contribution is -2.29. The van der Waals surface area contributed by atoms with Crippen LogP contribution in [0.4, 0.5) is 0 Å². The molecule has 0 saturated heterocycles. The van der Waals surface area contributed by atoms with Gasteiger partial charge in [-0.05, 0) is 31.2 Å². The first-order valence-corrected chi connectivity index (χ1v) is 6.20. The Kier molecular flexibility index (Phi) is 3.47. The van der Waals surface area contributed by atoms with Crippen molar-refractivity contribution in [2.24, 2.45) is 0 Å². The SMILES string of the molecule is CCOC(=O)c1ccc(-c2scc(O)[n+]2O)cc1. The summed E-state index contributed by atoms with van der Waals surface area (Å²) in [5.41, 5.74) is 1.15. The minimum Gasteiger partial charge on any atom is -0.462 e. The molecule has 18 heavy (non-hydrogen) atoms. The van der Waals surface area contributed by atoms with Gasteiger partial charge in [-0.25, -0.2) is 4.79 Å². The van der Waals surface area contributed by atoms with Crippen LogP contribution in [-0.4, -0.2) is 22.9 Å². The van der Waals surface area contributed by atoms with Crippen molar-refractivity contribution in [2.45, 2.75) is 6.92 Å². The summed E-state index contributed by atoms with van der Waals surface area (Å²) in [6.45, 7) is 2.07. The van der Waals surface area contributed by atoms with Crippen LogP contribution in [0.25, 0.3) is 10.6 Å². The molecule has 2 N–H and O–H groups in total. The molecule has 1 heterocycles. The zero-order chi connectivity index (χ0) is 13.1. The second-order valence-electron chi connectivity index (χ2n) is 3.51. The minimum atomic E-state index is -0.380. The number of carbonyl (C=O) groups is 1. The highest BCUT2D eigenvalue weighted by molar-refractivity contribution is 7.12. The Morgan fingerprint density at radius 1 is 1.39 bits per heavy atom. The van der Waals surface area contributed by atoms with Crippen molar-refractivity contribution in [3.63, 3.8) is 0 Å². The molecule has 0 saturated carbocycles. The van der Waals surface area contributed by atoms with E-state index in [0.717, 1.165) is 0 Å². The predicted octanol–water partition coefficient (Wildman–Crippen LogP) is 1.82. The van der Waals surface area contributed by atoms with E-state index in [4.69, 9.17) is 4.74 Å². The van der Waals surface area contributed by atoms with E-state index in [9.17, 15) is 15.1 Å². The zero-order valence-electron chi connectivity index (χ0n) is 9.66. The maximum atomic E-state index is 11.4. The van der Waals surface area contributed by atoms with Crippen LogP contribution < -0.4 is 4.73 Å². The van der Waals surface area contributed by atoms with Crippen molar-refractivity contribution in [2.75, 3.05) is 6.61 Å². The van der Waals surface area contributed by atoms with Crippen LogP contribution in [0.2, 0.25) is 0 Å². The molecule has 0 fully saturated rings. The monoisotopic (exact) mass is 266 g/mol. The molecular formula is C12H12NO4S+. The number of hydrogen-bond acceptors (Lipinski definition) is 5. The first-order chi connectivity index (χ1) is 8.63. The lowest BCUT2D eigenvalue weighted by molar-refractivity contribution is -0.895. The van der Waals surface area contributed by atoms with E-state index >= 15 is 0 Å². The third-order valence-corrected chi connectivity index (χ3v) is 3.29. The summed E-state index contributed by atoms with van der Waals surface area (Å²) in [4.78, 5) is 11.4. The summed E-state index contributed by atoms with van der Waals surface area (Å²) in [7, 11) is 0. The van der Waals surface area contributed by atoms with Crippen LogP contribution in [0.5, 0.6) is 5.88 Å². The van der Waals surface area contributed by atoms with Crippen LogP contribution in [0.15, 0.2) is 29.6 Å². The van der Waals surface area contributed by atoms with Gasteiger partial charge in [0.1, 0.15) is 5.38 Å². The van der Waals surface area contributed by atoms with E-state index in [1.54, 1.807) is 31.2 Å². The Hall–Kier alpha value is -2.08. The molecule has 0 amide bonds. The largest absolute Gasteiger partial charge is 0.462 e. The van der Waals surface area contributed by atoms with Gasteiger partial charge in [-0.1, -0.05) is 11.3 Å². The molecule has 0 atom stereocenters. The summed E-state index contributed by atoms with van der Waals surface area (Å²) in [6.07, 6.45) is 0. The standard InChI is InChI=1S/C12H11NO4S/c1-2-17-12(15)9-5-3-8(4-6-9)11-13(16)10(14)7-18-11/h3-7H,2H2,1H3,(H-,14,15,16)/p+1. The van der Waals surface area contributed by atoms with Gasteiger partial charge >= 0.3 is 16.9 Å². The first kappa shape index (κ1) is 12.4. The molecule has 6 heteroatoms. The third kappa shape index (κ3) is 2.28. The maximum absolute atomic E-state index is 11.4. The number of esters is 1. The number of rotatable bonds is 3. The molecule has 2 rings (SSSR count). The van der Waals surface area contributed by atoms with Gasteiger partial charge in [-0.15, -0.1) is 0 Å². The second kappa shape index (κ2) is 5.05. The number of aromatic hydroxyl groups is 1. The van der Waals surface area contributed by atoms with E-state index < -0.39 is 0 Å². The fourth-order valence-corrected chi connectivity index (χ4v) is 2.25. The van der Waals surface area contributed by atoms with Gasteiger partial charge in [0.25, 0.3) is 0 Å². The number of thiazole rings is 1. The Bertz CT molecular complexity index is 562. The van der Waals surface area contributed by atoms with E-state index in [1.807, 2.05) is 0 Å². The summed E-state index contributed by atoms with van der Waals surface area (Å²) in [6, 6.07) is 6.60. The highest BCUT2D eigenvalue weighted by Gasteiger charge is 2.21. The van der Waals surface area contributed by atoms with E-state index in [0.29, 0.717) is 27.5 Å². The van der Waals surface area contributed by atoms with Gasteiger partial charge in [-0.3, -0.25) is 5.21 Å². The number of carbonyl (C=O) groups excluding carboxylic acids is 1. The van der Waals surface area contributed by atoms with Crippen LogP contribution in [0, 0.1) is 0 Å². The molecule has 0 aliphatic rings. The molecule has 0 aliphatic heterocycles. The summed E-state index contributed by atoms with van der Waals surface area (Å²) < 4.78 is 5.57. The number of aromatic nitrogens is 1. The fraction of sp³-hybridized carbons (Fsp3) is 0.167. The van der Waals surface area contributed by atoms with Crippen LogP contribution in [0.3, 0.4) is 0 Å². The van der Waals surface area contributed by atoms with Gasteiger partial charge in [-0.2, -0.15) is 0 Å². The highest BCUT2D eigenvalue weighted by Crippen LogP contribution is 2.24. The first-order valence-electron chi connectivity index (χ1n) is 5.32. The van der Waals surface area contributed by atoms with E-state index in [1.165, 1.54) is 16.7 Å². The fourth-order valence-electron chi connectivity index (χ4n) is 1.47. The third-order valence-electron chi connectivity index (χ3n) is 2.33. The lowest BCUT2D eigenvalue weighted by atomic mass is 10.1. The van der Waals surface area contributed by atoms with E-state index in [2.05, 4.69) is 0 Å². The van der Waals surface area contributed by atoms with Crippen LogP contribution >= 0.6 is 11.3 Å². The zero-order valence-corrected chi connectivity index (χ0v) is 10.5. The normalized spacial score (nSPS) is 10.3. The molecule has 5 nitrogen and oxygen atoms in total. The Morgan fingerprint density at radius 2 is 2.06 bits per heavy atom. The van der Waals surface area contributed by atoms with Crippen molar-refractivity contribution in [1.82, 2.24) is 0 Å². The van der Waals surface area contributed by atoms with Gasteiger partial charge < -0.3 is 9.84 Å². The van der Waals surface area contributed by atoms with Crippen molar-refractivity contribution >= 4 is 17.3 Å². The second-order valence-corrected chi connectivity index (χ2v) is 4.37. The molecule has 2 aromatic rings. The van der Waals surface area contributed by atoms with E-state index in [-0.39, 0.29) is 11.8 Å². The molecule has 0 spiro atoms. The molecule has 1 aromatic heterocycles. The molecule has 0 unspecified atom stereocenters. The van der Waals surface area contributed by atoms with Crippen LogP contribution in [-0.2, 0) is 4.74 Å². The minimum absolute atomic E-state index is 0.218. The Balaban J connectivity index is 2.28. The topological polar surface area (TPSA) is 70.6 Å². The maximum Gasteiger partial charge on any atom is 0.426 e. The number of ether oxygens (including phenoxy) is 1. The molecule has 0 bridgehead atoms. The number of hydrogen-bond donors (Lipinski definition) is 2. The lowest BCUT2D eigenvalue weighted by Gasteiger charge is -2.01. The molecule has 94 valence electrons. The Labute approximate surface area is 107 Å². The highest BCUT2D eigenvalue weighted by atomic mass is 32.1. The number of nitrogens with zero attached hydrogens (tertiary/aromatic N) is 1. The average molecular weight is 266 g/mol. The molecule has 0 radical (unpaired) electrons. The van der Waals surface area contributed by atoms with Crippen molar-refractivity contribution in [3.05, 3.63) is 35.2 Å². The van der Waals surface area contributed by atoms with Crippen molar-refractivity contribution < 1.29 is 24.6 Å². The average Bonchev–Trinajstić information content (AvgIpc) is 2.71. The van der Waals surface area contributed by atoms with Crippen LogP contribution in [0.1, 0.15) is 17.3 Å². The van der Waals surface area contributed by atoms with Gasteiger partial charge in [0.2, 0.25) is 0 Å². The quantitative estimate of drug-likeness (QED) is 0.505. The smallest absolute Gasteiger partial charge is 0.426 e. The van der Waals surface area contributed by atoms with Gasteiger partial charge in [0, 0.05) is 0 Å². The van der Waals surface area contributed by atoms with Gasteiger partial charge in [0.05, 0.1) is 22.5 Å². The molecular weight excluding hydrogens is 254 g/mol. The summed E-state index contributed by atoms with van der Waals surface area (Å²) in [5.74, 6) is -0.598. The summed E-state index contributed by atoms with van der Waals surface area (Å²) in [5, 5.41) is 20.7. The van der Waals surface area contributed by atoms with Crippen molar-refractivity contribution in [3.8, 4) is 16.5 Å². The molecule has 0 aliphatic carbocycles. The Morgan fingerprint density at radius 3 is 2.56 bits per heavy atom. The summed E-state index contributed by atoms with van der Waals surface area (Å²) >= 11 is 1.20. The predicted molar refractivity (Wildman–Crippen MR) is 64.8 cm³/mol. The number of benzene rings is 1. The van der Waals surface area contributed by atoms with Crippen molar-refractivity contribution in [1.29, 1.82) is 0 Å².